The van der Waals surface area contributed by atoms with Crippen molar-refractivity contribution in [1.29, 1.82) is 0 Å². The van der Waals surface area contributed by atoms with Gasteiger partial charge in [0.25, 0.3) is 0 Å². The summed E-state index contributed by atoms with van der Waals surface area (Å²) in [7, 11) is 0. The highest BCUT2D eigenvalue weighted by Gasteiger charge is 2.20. The third-order valence-corrected chi connectivity index (χ3v) is 3.30. The molecule has 0 aliphatic carbocycles. The lowest BCUT2D eigenvalue weighted by atomic mass is 10.1. The maximum atomic E-state index is 5.94. The van der Waals surface area contributed by atoms with Gasteiger partial charge in [-0.15, -0.1) is 6.58 Å². The van der Waals surface area contributed by atoms with Crippen LogP contribution in [0.3, 0.4) is 0 Å². The minimum atomic E-state index is 0.186. The lowest BCUT2D eigenvalue weighted by Crippen LogP contribution is -2.44. The van der Waals surface area contributed by atoms with Gasteiger partial charge in [0.05, 0.1) is 12.7 Å². The molecule has 0 atom stereocenters. The second-order valence-electron chi connectivity index (χ2n) is 5.73. The number of hydrogen-bond donors (Lipinski definition) is 1. The number of piperidine rings is 1. The van der Waals surface area contributed by atoms with E-state index in [0.717, 1.165) is 45.6 Å². The Morgan fingerprint density at radius 2 is 2.00 bits per heavy atom. The molecule has 3 nitrogen and oxygen atoms in total. The van der Waals surface area contributed by atoms with Gasteiger partial charge in [0.2, 0.25) is 0 Å². The molecular formula is C14H28N2O. The first-order valence-electron chi connectivity index (χ1n) is 6.72. The van der Waals surface area contributed by atoms with E-state index >= 15 is 0 Å². The van der Waals surface area contributed by atoms with Crippen molar-refractivity contribution >= 4 is 0 Å². The van der Waals surface area contributed by atoms with Gasteiger partial charge in [-0.3, -0.25) is 4.90 Å². The Bertz CT molecular complexity index is 217. The summed E-state index contributed by atoms with van der Waals surface area (Å²) >= 11 is 0. The van der Waals surface area contributed by atoms with Gasteiger partial charge in [0.1, 0.15) is 0 Å². The van der Waals surface area contributed by atoms with Crippen molar-refractivity contribution in [2.75, 3.05) is 32.8 Å². The van der Waals surface area contributed by atoms with E-state index in [1.54, 1.807) is 0 Å². The van der Waals surface area contributed by atoms with Crippen LogP contribution in [0.2, 0.25) is 0 Å². The van der Waals surface area contributed by atoms with Crippen molar-refractivity contribution in [2.24, 2.45) is 0 Å². The lowest BCUT2D eigenvalue weighted by molar-refractivity contribution is 0.00859. The quantitative estimate of drug-likeness (QED) is 0.719. The number of nitrogens with one attached hydrogen (secondary N) is 1. The first-order chi connectivity index (χ1) is 8.04. The Hall–Kier alpha value is -0.380. The summed E-state index contributed by atoms with van der Waals surface area (Å²) in [6.07, 6.45) is 4.73. The van der Waals surface area contributed by atoms with Crippen molar-refractivity contribution in [1.82, 2.24) is 10.2 Å². The Morgan fingerprint density at radius 1 is 1.35 bits per heavy atom. The largest absolute Gasteiger partial charge is 0.377 e. The van der Waals surface area contributed by atoms with Crippen LogP contribution in [0.15, 0.2) is 12.7 Å². The molecule has 1 heterocycles. The zero-order valence-electron chi connectivity index (χ0n) is 11.7. The molecule has 0 spiro atoms. The monoisotopic (exact) mass is 240 g/mol. The van der Waals surface area contributed by atoms with Crippen molar-refractivity contribution in [3.8, 4) is 0 Å². The summed E-state index contributed by atoms with van der Waals surface area (Å²) in [4.78, 5) is 2.40. The van der Waals surface area contributed by atoms with Gasteiger partial charge in [-0.1, -0.05) is 6.08 Å². The fraction of sp³-hybridized carbons (Fsp3) is 0.857. The van der Waals surface area contributed by atoms with Gasteiger partial charge in [0.15, 0.2) is 0 Å². The zero-order chi connectivity index (χ0) is 12.7. The highest BCUT2D eigenvalue weighted by Crippen LogP contribution is 2.13. The molecule has 0 aromatic rings. The molecule has 1 saturated heterocycles. The van der Waals surface area contributed by atoms with E-state index in [4.69, 9.17) is 4.74 Å². The molecule has 0 unspecified atom stereocenters. The van der Waals surface area contributed by atoms with Crippen LogP contribution in [0.5, 0.6) is 0 Å². The highest BCUT2D eigenvalue weighted by molar-refractivity contribution is 4.82. The molecule has 17 heavy (non-hydrogen) atoms. The van der Waals surface area contributed by atoms with Gasteiger partial charge in [-0.05, 0) is 46.7 Å². The van der Waals surface area contributed by atoms with E-state index in [1.165, 1.54) is 0 Å². The Labute approximate surface area is 106 Å². The van der Waals surface area contributed by atoms with Crippen LogP contribution in [0.1, 0.15) is 33.6 Å². The van der Waals surface area contributed by atoms with Gasteiger partial charge in [-0.2, -0.15) is 0 Å². The summed E-state index contributed by atoms with van der Waals surface area (Å²) in [5.74, 6) is 0. The third kappa shape index (κ3) is 5.66. The van der Waals surface area contributed by atoms with Crippen molar-refractivity contribution in [2.45, 2.75) is 45.3 Å². The smallest absolute Gasteiger partial charge is 0.0600 e. The van der Waals surface area contributed by atoms with E-state index in [0.29, 0.717) is 6.10 Å². The molecule has 100 valence electrons. The minimum Gasteiger partial charge on any atom is -0.377 e. The van der Waals surface area contributed by atoms with E-state index in [9.17, 15) is 0 Å². The fourth-order valence-corrected chi connectivity index (χ4v) is 2.15. The van der Waals surface area contributed by atoms with Gasteiger partial charge >= 0.3 is 0 Å². The molecule has 0 saturated carbocycles. The van der Waals surface area contributed by atoms with Crippen LogP contribution in [0.4, 0.5) is 0 Å². The predicted molar refractivity (Wildman–Crippen MR) is 73.4 cm³/mol. The number of rotatable bonds is 6. The van der Waals surface area contributed by atoms with Crippen LogP contribution < -0.4 is 5.32 Å². The summed E-state index contributed by atoms with van der Waals surface area (Å²) in [6.45, 7) is 15.5. The van der Waals surface area contributed by atoms with Crippen LogP contribution >= 0.6 is 0 Å². The molecule has 3 heteroatoms. The van der Waals surface area contributed by atoms with E-state index < -0.39 is 0 Å². The highest BCUT2D eigenvalue weighted by atomic mass is 16.5. The predicted octanol–water partition coefficient (Wildman–Crippen LogP) is 2.04. The van der Waals surface area contributed by atoms with Gasteiger partial charge < -0.3 is 10.1 Å². The maximum Gasteiger partial charge on any atom is 0.0600 e. The van der Waals surface area contributed by atoms with Crippen LogP contribution in [-0.2, 0) is 4.74 Å². The molecule has 1 rings (SSSR count). The van der Waals surface area contributed by atoms with E-state index in [-0.39, 0.29) is 5.54 Å². The first kappa shape index (κ1) is 14.7. The first-order valence-corrected chi connectivity index (χ1v) is 6.72. The van der Waals surface area contributed by atoms with E-state index in [2.05, 4.69) is 37.6 Å². The average molecular weight is 240 g/mol. The summed E-state index contributed by atoms with van der Waals surface area (Å²) < 4.78 is 5.94. The Morgan fingerprint density at radius 3 is 2.53 bits per heavy atom. The second-order valence-corrected chi connectivity index (χ2v) is 5.73. The molecule has 0 radical (unpaired) electrons. The zero-order valence-corrected chi connectivity index (χ0v) is 11.7. The topological polar surface area (TPSA) is 24.5 Å². The molecule has 1 N–H and O–H groups in total. The summed E-state index contributed by atoms with van der Waals surface area (Å²) in [5.41, 5.74) is 0.186. The normalized spacial score (nSPS) is 18.6. The SMILES string of the molecule is C=CCN(CCOC1CCNCC1)C(C)(C)C. The second kappa shape index (κ2) is 7.14. The fourth-order valence-electron chi connectivity index (χ4n) is 2.15. The molecule has 0 amide bonds. The minimum absolute atomic E-state index is 0.186. The van der Waals surface area contributed by atoms with Crippen LogP contribution in [0.25, 0.3) is 0 Å². The molecule has 1 fully saturated rings. The maximum absolute atomic E-state index is 5.94. The lowest BCUT2D eigenvalue weighted by Gasteiger charge is -2.35. The number of ether oxygens (including phenoxy) is 1. The Balaban J connectivity index is 2.24. The van der Waals surface area contributed by atoms with Gasteiger partial charge in [0, 0.05) is 18.6 Å². The summed E-state index contributed by atoms with van der Waals surface area (Å²) in [6, 6.07) is 0. The standard InChI is InChI=1S/C14H28N2O/c1-5-10-16(14(2,3)4)11-12-17-13-6-8-15-9-7-13/h5,13,15H,1,6-12H2,2-4H3. The van der Waals surface area contributed by atoms with Crippen LogP contribution in [-0.4, -0.2) is 49.3 Å². The van der Waals surface area contributed by atoms with Gasteiger partial charge in [-0.25, -0.2) is 0 Å². The van der Waals surface area contributed by atoms with Crippen molar-refractivity contribution < 1.29 is 4.74 Å². The number of hydrogen-bond acceptors (Lipinski definition) is 3. The molecule has 1 aliphatic rings. The average Bonchev–Trinajstić information content (AvgIpc) is 2.28. The molecule has 0 bridgehead atoms. The molecule has 0 aromatic carbocycles. The Kier molecular flexibility index (Phi) is 6.17. The van der Waals surface area contributed by atoms with Crippen molar-refractivity contribution in [3.63, 3.8) is 0 Å². The summed E-state index contributed by atoms with van der Waals surface area (Å²) in [5, 5.41) is 3.35. The molecular weight excluding hydrogens is 212 g/mol. The van der Waals surface area contributed by atoms with Crippen molar-refractivity contribution in [3.05, 3.63) is 12.7 Å². The number of nitrogens with zero attached hydrogens (tertiary/aromatic N) is 1. The molecule has 0 aromatic heterocycles. The third-order valence-electron chi connectivity index (χ3n) is 3.30. The molecule has 1 aliphatic heterocycles. The van der Waals surface area contributed by atoms with E-state index in [1.807, 2.05) is 6.08 Å². The van der Waals surface area contributed by atoms with Crippen LogP contribution in [0, 0.1) is 0 Å².